The summed E-state index contributed by atoms with van der Waals surface area (Å²) in [5.41, 5.74) is 6.40. The van der Waals surface area contributed by atoms with Crippen LogP contribution in [0, 0.1) is 6.92 Å². The summed E-state index contributed by atoms with van der Waals surface area (Å²) in [6, 6.07) is 18.1. The first-order chi connectivity index (χ1) is 16.0. The molecule has 6 nitrogen and oxygen atoms in total. The van der Waals surface area contributed by atoms with Gasteiger partial charge in [0, 0.05) is 17.5 Å². The van der Waals surface area contributed by atoms with E-state index in [2.05, 4.69) is 47.2 Å². The van der Waals surface area contributed by atoms with Gasteiger partial charge in [-0.05, 0) is 42.2 Å². The highest BCUT2D eigenvalue weighted by atomic mass is 19.1. The minimum atomic E-state index is -0.566. The van der Waals surface area contributed by atoms with Crippen LogP contribution in [0.3, 0.4) is 0 Å². The van der Waals surface area contributed by atoms with Crippen molar-refractivity contribution in [2.45, 2.75) is 39.9 Å². The van der Waals surface area contributed by atoms with Crippen molar-refractivity contribution < 1.29 is 4.39 Å². The van der Waals surface area contributed by atoms with Gasteiger partial charge in [0.25, 0.3) is 0 Å². The third-order valence-corrected chi connectivity index (χ3v) is 5.79. The van der Waals surface area contributed by atoms with E-state index < -0.39 is 6.67 Å². The summed E-state index contributed by atoms with van der Waals surface area (Å²) in [6.45, 7) is 6.29. The maximum absolute atomic E-state index is 12.9. The lowest BCUT2D eigenvalue weighted by Crippen LogP contribution is -2.05. The van der Waals surface area contributed by atoms with Crippen molar-refractivity contribution in [3.63, 3.8) is 0 Å². The van der Waals surface area contributed by atoms with E-state index in [1.165, 1.54) is 5.56 Å². The quantitative estimate of drug-likeness (QED) is 0.343. The predicted molar refractivity (Wildman–Crippen MR) is 127 cm³/mol. The molecule has 0 radical (unpaired) electrons. The van der Waals surface area contributed by atoms with E-state index in [0.717, 1.165) is 33.5 Å². The third kappa shape index (κ3) is 4.02. The highest BCUT2D eigenvalue weighted by molar-refractivity contribution is 5.76. The van der Waals surface area contributed by atoms with Crippen LogP contribution in [0.5, 0.6) is 0 Å². The number of nitrogens with zero attached hydrogens (tertiary/aromatic N) is 6. The minimum Gasteiger partial charge on any atom is -0.244 e. The molecule has 7 heteroatoms. The number of rotatable bonds is 6. The molecule has 33 heavy (non-hydrogen) atoms. The second-order valence-corrected chi connectivity index (χ2v) is 8.51. The zero-order valence-corrected chi connectivity index (χ0v) is 18.9. The van der Waals surface area contributed by atoms with Gasteiger partial charge in [0.05, 0.1) is 29.5 Å². The molecule has 0 aliphatic carbocycles. The molecule has 0 aliphatic heterocycles. The van der Waals surface area contributed by atoms with Crippen LogP contribution in [0.1, 0.15) is 42.3 Å². The van der Waals surface area contributed by atoms with E-state index in [9.17, 15) is 4.39 Å². The third-order valence-electron chi connectivity index (χ3n) is 5.79. The summed E-state index contributed by atoms with van der Waals surface area (Å²) in [4.78, 5) is 9.48. The molecule has 0 aliphatic rings. The summed E-state index contributed by atoms with van der Waals surface area (Å²) in [5.74, 6) is 1.09. The minimum absolute atomic E-state index is 0.378. The van der Waals surface area contributed by atoms with Crippen molar-refractivity contribution in [3.05, 3.63) is 89.5 Å². The summed E-state index contributed by atoms with van der Waals surface area (Å²) < 4.78 is 16.6. The molecule has 0 spiro atoms. The molecular formula is C26H25FN6. The normalized spacial score (nSPS) is 11.5. The second kappa shape index (κ2) is 8.58. The fourth-order valence-corrected chi connectivity index (χ4v) is 4.10. The molecule has 0 amide bonds. The van der Waals surface area contributed by atoms with E-state index in [1.54, 1.807) is 16.9 Å². The van der Waals surface area contributed by atoms with Gasteiger partial charge in [-0.3, -0.25) is 0 Å². The average molecular weight is 441 g/mol. The van der Waals surface area contributed by atoms with Gasteiger partial charge in [0.15, 0.2) is 11.5 Å². The van der Waals surface area contributed by atoms with E-state index >= 15 is 0 Å². The first-order valence-corrected chi connectivity index (χ1v) is 11.0. The number of hydrogen-bond donors (Lipinski definition) is 0. The molecule has 2 aromatic carbocycles. The maximum atomic E-state index is 12.9. The number of aromatic nitrogens is 6. The van der Waals surface area contributed by atoms with Crippen LogP contribution < -0.4 is 0 Å². The fourth-order valence-electron chi connectivity index (χ4n) is 4.10. The van der Waals surface area contributed by atoms with Gasteiger partial charge in [0.1, 0.15) is 6.67 Å². The van der Waals surface area contributed by atoms with Gasteiger partial charge in [-0.25, -0.2) is 23.7 Å². The lowest BCUT2D eigenvalue weighted by atomic mass is 9.97. The molecule has 0 unspecified atom stereocenters. The summed E-state index contributed by atoms with van der Waals surface area (Å²) in [7, 11) is 0. The van der Waals surface area contributed by atoms with E-state index in [4.69, 9.17) is 4.98 Å². The van der Waals surface area contributed by atoms with Crippen LogP contribution in [0.2, 0.25) is 0 Å². The Kier molecular flexibility index (Phi) is 5.46. The van der Waals surface area contributed by atoms with Gasteiger partial charge in [0.2, 0.25) is 0 Å². The Hall–Kier alpha value is -3.87. The molecule has 5 rings (SSSR count). The molecule has 0 N–H and O–H groups in total. The molecule has 3 heterocycles. The standard InChI is InChI=1S/C26H25FN6/c1-17(2)23-6-4-5-7-24(23)25-28-14-20-15-29-32(26(20)30-25)16-19-8-10-22(11-9-19)33-18(3)12-21(13-27)31-33/h4-12,14-15,17H,13,16H2,1-3H3. The maximum Gasteiger partial charge on any atom is 0.162 e. The van der Waals surface area contributed by atoms with Crippen molar-refractivity contribution in [2.75, 3.05) is 0 Å². The number of alkyl halides is 1. The van der Waals surface area contributed by atoms with Crippen molar-refractivity contribution in [1.82, 2.24) is 29.5 Å². The van der Waals surface area contributed by atoms with Crippen LogP contribution in [-0.2, 0) is 13.2 Å². The number of fused-ring (bicyclic) bond motifs is 1. The van der Waals surface area contributed by atoms with Crippen LogP contribution in [0.4, 0.5) is 4.39 Å². The molecule has 5 aromatic rings. The Morgan fingerprint density at radius 1 is 1.00 bits per heavy atom. The van der Waals surface area contributed by atoms with Gasteiger partial charge in [-0.15, -0.1) is 0 Å². The molecule has 0 saturated carbocycles. The van der Waals surface area contributed by atoms with Gasteiger partial charge >= 0.3 is 0 Å². The van der Waals surface area contributed by atoms with Crippen LogP contribution >= 0.6 is 0 Å². The number of aryl methyl sites for hydroxylation is 1. The Morgan fingerprint density at radius 2 is 1.79 bits per heavy atom. The van der Waals surface area contributed by atoms with Crippen molar-refractivity contribution in [2.24, 2.45) is 0 Å². The highest BCUT2D eigenvalue weighted by Crippen LogP contribution is 2.27. The van der Waals surface area contributed by atoms with Crippen molar-refractivity contribution in [1.29, 1.82) is 0 Å². The SMILES string of the molecule is Cc1cc(CF)nn1-c1ccc(Cn2ncc3cnc(-c4ccccc4C(C)C)nc32)cc1. The predicted octanol–water partition coefficient (Wildman–Crippen LogP) is 5.63. The Bertz CT molecular complexity index is 1410. The molecule has 3 aromatic heterocycles. The molecule has 166 valence electrons. The smallest absolute Gasteiger partial charge is 0.162 e. The number of benzene rings is 2. The van der Waals surface area contributed by atoms with Crippen LogP contribution in [-0.4, -0.2) is 29.5 Å². The molecule has 0 atom stereocenters. The first kappa shape index (κ1) is 21.0. The van der Waals surface area contributed by atoms with Gasteiger partial charge in [-0.1, -0.05) is 50.2 Å². The summed E-state index contributed by atoms with van der Waals surface area (Å²) in [5, 5.41) is 9.76. The summed E-state index contributed by atoms with van der Waals surface area (Å²) in [6.07, 6.45) is 3.64. The Morgan fingerprint density at radius 3 is 2.52 bits per heavy atom. The van der Waals surface area contributed by atoms with Gasteiger partial charge < -0.3 is 0 Å². The lowest BCUT2D eigenvalue weighted by Gasteiger charge is -2.12. The fraction of sp³-hybridized carbons (Fsp3) is 0.231. The number of halogens is 1. The largest absolute Gasteiger partial charge is 0.244 e. The number of hydrogen-bond acceptors (Lipinski definition) is 4. The van der Waals surface area contributed by atoms with Crippen molar-refractivity contribution in [3.8, 4) is 17.1 Å². The monoisotopic (exact) mass is 440 g/mol. The zero-order valence-electron chi connectivity index (χ0n) is 18.9. The Labute approximate surface area is 191 Å². The molecule has 0 bridgehead atoms. The van der Waals surface area contributed by atoms with Crippen LogP contribution in [0.15, 0.2) is 67.0 Å². The first-order valence-electron chi connectivity index (χ1n) is 11.0. The molecule has 0 fully saturated rings. The summed E-state index contributed by atoms with van der Waals surface area (Å²) >= 11 is 0. The molecule has 0 saturated heterocycles. The zero-order chi connectivity index (χ0) is 22.9. The average Bonchev–Trinajstić information content (AvgIpc) is 3.42. The topological polar surface area (TPSA) is 61.4 Å². The second-order valence-electron chi connectivity index (χ2n) is 8.51. The van der Waals surface area contributed by atoms with Gasteiger partial charge in [-0.2, -0.15) is 10.2 Å². The highest BCUT2D eigenvalue weighted by Gasteiger charge is 2.13. The molecular weight excluding hydrogens is 415 g/mol. The van der Waals surface area contributed by atoms with Crippen LogP contribution in [0.25, 0.3) is 28.1 Å². The van der Waals surface area contributed by atoms with E-state index in [0.29, 0.717) is 24.0 Å². The van der Waals surface area contributed by atoms with E-state index in [-0.39, 0.29) is 0 Å². The lowest BCUT2D eigenvalue weighted by molar-refractivity contribution is 0.473. The Balaban J connectivity index is 1.45. The van der Waals surface area contributed by atoms with Crippen molar-refractivity contribution >= 4 is 11.0 Å². The van der Waals surface area contributed by atoms with E-state index in [1.807, 2.05) is 48.1 Å².